The minimum atomic E-state index is -1.12. The van der Waals surface area contributed by atoms with E-state index in [4.69, 9.17) is 16.9 Å². The fourth-order valence-corrected chi connectivity index (χ4v) is 2.03. The third kappa shape index (κ3) is 3.36. The highest BCUT2D eigenvalue weighted by Crippen LogP contribution is 2.27. The molecule has 106 valence electrons. The SMILES string of the molecule is N#CC(C(=O)Nc1c(F)cc(F)cc1Cl)c1ccccc1. The van der Waals surface area contributed by atoms with Crippen molar-refractivity contribution >= 4 is 23.2 Å². The number of halogens is 3. The number of nitriles is 1. The third-order valence-electron chi connectivity index (χ3n) is 2.78. The molecular formula is C15H9ClF2N2O. The maximum atomic E-state index is 13.6. The monoisotopic (exact) mass is 306 g/mol. The molecule has 3 nitrogen and oxygen atoms in total. The Kier molecular flexibility index (Phi) is 4.51. The molecule has 2 aromatic rings. The zero-order chi connectivity index (χ0) is 15.4. The molecule has 1 amide bonds. The highest BCUT2D eigenvalue weighted by atomic mass is 35.5. The summed E-state index contributed by atoms with van der Waals surface area (Å²) in [6, 6.07) is 11.6. The number of carbonyl (C=O) groups is 1. The topological polar surface area (TPSA) is 52.9 Å². The first-order valence-corrected chi connectivity index (χ1v) is 6.30. The third-order valence-corrected chi connectivity index (χ3v) is 3.08. The standard InChI is InChI=1S/C15H9ClF2N2O/c16-12-6-10(17)7-13(18)14(12)20-15(21)11(8-19)9-4-2-1-3-5-9/h1-7,11H,(H,20,21). The molecule has 21 heavy (non-hydrogen) atoms. The van der Waals surface area contributed by atoms with Crippen LogP contribution >= 0.6 is 11.6 Å². The average Bonchev–Trinajstić information content (AvgIpc) is 2.45. The maximum Gasteiger partial charge on any atom is 0.246 e. The van der Waals surface area contributed by atoms with Gasteiger partial charge in [-0.25, -0.2) is 8.78 Å². The van der Waals surface area contributed by atoms with Crippen LogP contribution in [0.3, 0.4) is 0 Å². The zero-order valence-electron chi connectivity index (χ0n) is 10.6. The Morgan fingerprint density at radius 3 is 2.48 bits per heavy atom. The van der Waals surface area contributed by atoms with Crippen molar-refractivity contribution in [2.45, 2.75) is 5.92 Å². The smallest absolute Gasteiger partial charge is 0.246 e. The van der Waals surface area contributed by atoms with Gasteiger partial charge in [0.05, 0.1) is 16.8 Å². The van der Waals surface area contributed by atoms with E-state index in [1.807, 2.05) is 6.07 Å². The Hall–Kier alpha value is -2.45. The fourth-order valence-electron chi connectivity index (χ4n) is 1.79. The fraction of sp³-hybridized carbons (Fsp3) is 0.0667. The number of carbonyl (C=O) groups excluding carboxylic acids is 1. The van der Waals surface area contributed by atoms with Crippen LogP contribution in [0.15, 0.2) is 42.5 Å². The van der Waals surface area contributed by atoms with E-state index in [-0.39, 0.29) is 10.7 Å². The minimum Gasteiger partial charge on any atom is -0.321 e. The maximum absolute atomic E-state index is 13.6. The summed E-state index contributed by atoms with van der Waals surface area (Å²) in [5.41, 5.74) is 0.121. The molecule has 0 aliphatic heterocycles. The van der Waals surface area contributed by atoms with E-state index in [2.05, 4.69) is 5.32 Å². The minimum absolute atomic E-state index is 0.273. The van der Waals surface area contributed by atoms with Crippen LogP contribution in [0, 0.1) is 23.0 Å². The lowest BCUT2D eigenvalue weighted by molar-refractivity contribution is -0.116. The van der Waals surface area contributed by atoms with Crippen molar-refractivity contribution in [1.29, 1.82) is 5.26 Å². The summed E-state index contributed by atoms with van der Waals surface area (Å²) < 4.78 is 26.6. The van der Waals surface area contributed by atoms with Gasteiger partial charge < -0.3 is 5.32 Å². The van der Waals surface area contributed by atoms with E-state index in [9.17, 15) is 13.6 Å². The number of hydrogen-bond donors (Lipinski definition) is 1. The van der Waals surface area contributed by atoms with Crippen LogP contribution in [0.25, 0.3) is 0 Å². The highest BCUT2D eigenvalue weighted by Gasteiger charge is 2.22. The van der Waals surface area contributed by atoms with Crippen LogP contribution in [-0.2, 0) is 4.79 Å². The van der Waals surface area contributed by atoms with E-state index >= 15 is 0 Å². The molecule has 0 saturated carbocycles. The Morgan fingerprint density at radius 2 is 1.90 bits per heavy atom. The van der Waals surface area contributed by atoms with E-state index in [0.29, 0.717) is 11.6 Å². The summed E-state index contributed by atoms with van der Waals surface area (Å²) >= 11 is 5.70. The lowest BCUT2D eigenvalue weighted by atomic mass is 10.00. The van der Waals surface area contributed by atoms with Crippen molar-refractivity contribution < 1.29 is 13.6 Å². The molecule has 1 unspecified atom stereocenters. The van der Waals surface area contributed by atoms with Gasteiger partial charge in [-0.05, 0) is 11.6 Å². The normalized spacial score (nSPS) is 11.5. The molecule has 0 bridgehead atoms. The Labute approximate surface area is 124 Å². The predicted octanol–water partition coefficient (Wildman–Crippen LogP) is 3.86. The number of anilines is 1. The number of rotatable bonds is 3. The second-order valence-corrected chi connectivity index (χ2v) is 4.61. The summed E-state index contributed by atoms with van der Waals surface area (Å²) in [6.45, 7) is 0. The quantitative estimate of drug-likeness (QED) is 0.936. The molecule has 1 N–H and O–H groups in total. The first-order chi connectivity index (χ1) is 10.0. The number of nitrogens with one attached hydrogen (secondary N) is 1. The molecule has 2 aromatic carbocycles. The van der Waals surface area contributed by atoms with Crippen LogP contribution < -0.4 is 5.32 Å². The molecule has 0 aliphatic rings. The summed E-state index contributed by atoms with van der Waals surface area (Å²) in [5, 5.41) is 11.1. The summed E-state index contributed by atoms with van der Waals surface area (Å²) in [4.78, 5) is 12.1. The van der Waals surface area contributed by atoms with Gasteiger partial charge in [0.2, 0.25) is 5.91 Å². The molecular weight excluding hydrogens is 298 g/mol. The first kappa shape index (κ1) is 14.9. The van der Waals surface area contributed by atoms with Gasteiger partial charge >= 0.3 is 0 Å². The van der Waals surface area contributed by atoms with Crippen molar-refractivity contribution in [1.82, 2.24) is 0 Å². The van der Waals surface area contributed by atoms with Crippen LogP contribution in [0.5, 0.6) is 0 Å². The Balaban J connectivity index is 2.28. The highest BCUT2D eigenvalue weighted by molar-refractivity contribution is 6.33. The number of nitrogens with zero attached hydrogens (tertiary/aromatic N) is 1. The number of benzene rings is 2. The van der Waals surface area contributed by atoms with E-state index in [1.165, 1.54) is 0 Å². The van der Waals surface area contributed by atoms with Crippen LogP contribution in [0.4, 0.5) is 14.5 Å². The zero-order valence-corrected chi connectivity index (χ0v) is 11.4. The van der Waals surface area contributed by atoms with Crippen LogP contribution in [0.1, 0.15) is 11.5 Å². The van der Waals surface area contributed by atoms with E-state index < -0.39 is 23.5 Å². The molecule has 2 rings (SSSR count). The van der Waals surface area contributed by atoms with Gasteiger partial charge in [-0.3, -0.25) is 4.79 Å². The molecule has 6 heteroatoms. The van der Waals surface area contributed by atoms with Gasteiger partial charge in [-0.1, -0.05) is 41.9 Å². The molecule has 0 fully saturated rings. The second kappa shape index (κ2) is 6.33. The molecule has 0 radical (unpaired) electrons. The molecule has 0 aromatic heterocycles. The molecule has 1 atom stereocenters. The van der Waals surface area contributed by atoms with Crippen molar-refractivity contribution in [3.63, 3.8) is 0 Å². The van der Waals surface area contributed by atoms with Crippen LogP contribution in [-0.4, -0.2) is 5.91 Å². The molecule has 0 heterocycles. The number of amides is 1. The molecule has 0 saturated heterocycles. The Bertz CT molecular complexity index is 690. The molecule has 0 spiro atoms. The molecule has 0 aliphatic carbocycles. The Morgan fingerprint density at radius 1 is 1.24 bits per heavy atom. The summed E-state index contributed by atoms with van der Waals surface area (Å²) in [6.07, 6.45) is 0. The van der Waals surface area contributed by atoms with Gasteiger partial charge in [0.25, 0.3) is 0 Å². The first-order valence-electron chi connectivity index (χ1n) is 5.93. The van der Waals surface area contributed by atoms with Gasteiger partial charge in [0.15, 0.2) is 11.7 Å². The number of hydrogen-bond acceptors (Lipinski definition) is 2. The van der Waals surface area contributed by atoms with Crippen molar-refractivity contribution in [2.75, 3.05) is 5.32 Å². The largest absolute Gasteiger partial charge is 0.321 e. The van der Waals surface area contributed by atoms with Gasteiger partial charge in [0, 0.05) is 6.07 Å². The van der Waals surface area contributed by atoms with E-state index in [1.54, 1.807) is 30.3 Å². The van der Waals surface area contributed by atoms with Gasteiger partial charge in [-0.15, -0.1) is 0 Å². The van der Waals surface area contributed by atoms with Gasteiger partial charge in [-0.2, -0.15) is 5.26 Å². The van der Waals surface area contributed by atoms with Crippen molar-refractivity contribution in [3.8, 4) is 6.07 Å². The van der Waals surface area contributed by atoms with Crippen molar-refractivity contribution in [3.05, 3.63) is 64.7 Å². The van der Waals surface area contributed by atoms with Crippen LogP contribution in [0.2, 0.25) is 5.02 Å². The lowest BCUT2D eigenvalue weighted by Crippen LogP contribution is -2.21. The summed E-state index contributed by atoms with van der Waals surface area (Å²) in [7, 11) is 0. The predicted molar refractivity (Wildman–Crippen MR) is 74.8 cm³/mol. The second-order valence-electron chi connectivity index (χ2n) is 4.21. The average molecular weight is 307 g/mol. The van der Waals surface area contributed by atoms with Crippen molar-refractivity contribution in [2.24, 2.45) is 0 Å². The van der Waals surface area contributed by atoms with Gasteiger partial charge in [0.1, 0.15) is 5.82 Å². The summed E-state index contributed by atoms with van der Waals surface area (Å²) in [5.74, 6) is -3.71. The lowest BCUT2D eigenvalue weighted by Gasteiger charge is -2.12. The van der Waals surface area contributed by atoms with E-state index in [0.717, 1.165) is 6.07 Å².